The van der Waals surface area contributed by atoms with Crippen molar-refractivity contribution in [1.29, 1.82) is 0 Å². The molecule has 0 bridgehead atoms. The number of thiophene rings is 1. The van der Waals surface area contributed by atoms with E-state index < -0.39 is 0 Å². The first-order chi connectivity index (χ1) is 8.42. The molecule has 0 aliphatic rings. The number of nitrogens with one attached hydrogen (secondary N) is 1. The predicted molar refractivity (Wildman–Crippen MR) is 82.0 cm³/mol. The summed E-state index contributed by atoms with van der Waals surface area (Å²) in [5.74, 6) is 0.452. The van der Waals surface area contributed by atoms with E-state index in [0.29, 0.717) is 16.5 Å². The molecule has 1 rings (SSSR count). The number of nitrogen functional groups attached to an aromatic ring is 1. The highest BCUT2D eigenvalue weighted by molar-refractivity contribution is 7.99. The fourth-order valence-corrected chi connectivity index (χ4v) is 3.90. The van der Waals surface area contributed by atoms with Crippen molar-refractivity contribution < 1.29 is 4.79 Å². The molecule has 0 spiro atoms. The third-order valence-electron chi connectivity index (χ3n) is 2.51. The first kappa shape index (κ1) is 15.2. The normalized spacial score (nSPS) is 10.8. The van der Waals surface area contributed by atoms with Crippen molar-refractivity contribution >= 4 is 39.7 Å². The molecule has 6 heteroatoms. The molecule has 0 aromatic carbocycles. The van der Waals surface area contributed by atoms with E-state index in [2.05, 4.69) is 24.1 Å². The fourth-order valence-electron chi connectivity index (χ4n) is 1.78. The van der Waals surface area contributed by atoms with Crippen LogP contribution in [0.4, 0.5) is 10.7 Å². The predicted octanol–water partition coefficient (Wildman–Crippen LogP) is 2.50. The van der Waals surface area contributed by atoms with E-state index in [9.17, 15) is 4.79 Å². The number of anilines is 2. The highest BCUT2D eigenvalue weighted by Crippen LogP contribution is 2.43. The van der Waals surface area contributed by atoms with Crippen LogP contribution in [0.15, 0.2) is 4.90 Å². The minimum Gasteiger partial charge on any atom is -0.396 e. The van der Waals surface area contributed by atoms with Gasteiger partial charge in [-0.3, -0.25) is 4.79 Å². The van der Waals surface area contributed by atoms with Gasteiger partial charge in [0.2, 0.25) is 0 Å². The first-order valence-electron chi connectivity index (χ1n) is 5.81. The molecule has 1 aromatic heterocycles. The van der Waals surface area contributed by atoms with Crippen LogP contribution in [-0.4, -0.2) is 32.8 Å². The molecule has 0 atom stereocenters. The largest absolute Gasteiger partial charge is 0.396 e. The van der Waals surface area contributed by atoms with Gasteiger partial charge in [0, 0.05) is 20.6 Å². The van der Waals surface area contributed by atoms with Crippen LogP contribution in [0.25, 0.3) is 0 Å². The third-order valence-corrected chi connectivity index (χ3v) is 4.77. The van der Waals surface area contributed by atoms with Crippen molar-refractivity contribution in [3.05, 3.63) is 4.88 Å². The highest BCUT2D eigenvalue weighted by Gasteiger charge is 2.22. The Hall–Kier alpha value is -0.880. The van der Waals surface area contributed by atoms with E-state index in [-0.39, 0.29) is 5.91 Å². The highest BCUT2D eigenvalue weighted by atomic mass is 32.2. The molecule has 0 saturated heterocycles. The lowest BCUT2D eigenvalue weighted by atomic mass is 10.2. The van der Waals surface area contributed by atoms with E-state index in [1.54, 1.807) is 18.8 Å². The number of hydrogen-bond donors (Lipinski definition) is 2. The van der Waals surface area contributed by atoms with Gasteiger partial charge in [-0.05, 0) is 12.2 Å². The van der Waals surface area contributed by atoms with E-state index in [1.165, 1.54) is 11.3 Å². The van der Waals surface area contributed by atoms with Crippen LogP contribution < -0.4 is 16.0 Å². The van der Waals surface area contributed by atoms with Gasteiger partial charge in [-0.1, -0.05) is 13.8 Å². The second-order valence-corrected chi connectivity index (χ2v) is 6.35. The Morgan fingerprint density at radius 2 is 2.17 bits per heavy atom. The lowest BCUT2D eigenvalue weighted by Crippen LogP contribution is -2.22. The SMILES string of the molecule is CNC(=O)c1sc(N(C)CC(C)C)c(SC)c1N. The van der Waals surface area contributed by atoms with E-state index >= 15 is 0 Å². The second-order valence-electron chi connectivity index (χ2n) is 4.54. The summed E-state index contributed by atoms with van der Waals surface area (Å²) in [4.78, 5) is 15.5. The molecule has 1 aromatic rings. The smallest absolute Gasteiger partial charge is 0.263 e. The number of carbonyl (C=O) groups excluding carboxylic acids is 1. The summed E-state index contributed by atoms with van der Waals surface area (Å²) < 4.78 is 0. The van der Waals surface area contributed by atoms with Crippen molar-refractivity contribution in [2.24, 2.45) is 5.92 Å². The van der Waals surface area contributed by atoms with Crippen molar-refractivity contribution in [3.63, 3.8) is 0 Å². The van der Waals surface area contributed by atoms with E-state index in [1.807, 2.05) is 13.3 Å². The van der Waals surface area contributed by atoms with Crippen molar-refractivity contribution in [1.82, 2.24) is 5.32 Å². The minimum atomic E-state index is -0.114. The molecular formula is C12H21N3OS2. The molecule has 1 amide bonds. The maximum absolute atomic E-state index is 11.8. The zero-order chi connectivity index (χ0) is 13.9. The van der Waals surface area contributed by atoms with Gasteiger partial charge in [0.1, 0.15) is 9.88 Å². The van der Waals surface area contributed by atoms with Gasteiger partial charge in [-0.15, -0.1) is 23.1 Å². The summed E-state index contributed by atoms with van der Waals surface area (Å²) >= 11 is 3.05. The number of nitrogens with two attached hydrogens (primary N) is 1. The Morgan fingerprint density at radius 3 is 2.61 bits per heavy atom. The third kappa shape index (κ3) is 3.11. The van der Waals surface area contributed by atoms with Gasteiger partial charge in [-0.2, -0.15) is 0 Å². The molecule has 18 heavy (non-hydrogen) atoms. The zero-order valence-electron chi connectivity index (χ0n) is 11.5. The number of amides is 1. The Bertz CT molecular complexity index is 429. The molecule has 102 valence electrons. The van der Waals surface area contributed by atoms with Crippen LogP contribution in [0.1, 0.15) is 23.5 Å². The summed E-state index contributed by atoms with van der Waals surface area (Å²) in [6.45, 7) is 5.29. The van der Waals surface area contributed by atoms with Gasteiger partial charge in [0.25, 0.3) is 5.91 Å². The number of carbonyl (C=O) groups is 1. The van der Waals surface area contributed by atoms with Crippen LogP contribution in [0.2, 0.25) is 0 Å². The lowest BCUT2D eigenvalue weighted by molar-refractivity contribution is 0.0968. The average molecular weight is 287 g/mol. The number of nitrogens with zero attached hydrogens (tertiary/aromatic N) is 1. The van der Waals surface area contributed by atoms with Gasteiger partial charge in [-0.25, -0.2) is 0 Å². The average Bonchev–Trinajstić information content (AvgIpc) is 2.64. The summed E-state index contributed by atoms with van der Waals surface area (Å²) in [7, 11) is 3.66. The Morgan fingerprint density at radius 1 is 1.56 bits per heavy atom. The standard InChI is InChI=1S/C12H21N3OS2/c1-7(2)6-15(4)12-10(17-5)8(13)9(18-12)11(16)14-3/h7H,6,13H2,1-5H3,(H,14,16). The quantitative estimate of drug-likeness (QED) is 0.817. The summed E-state index contributed by atoms with van der Waals surface area (Å²) in [5.41, 5.74) is 6.66. The molecule has 0 saturated carbocycles. The summed E-state index contributed by atoms with van der Waals surface area (Å²) in [5, 5.41) is 3.71. The van der Waals surface area contributed by atoms with Crippen molar-refractivity contribution in [2.75, 3.05) is 37.5 Å². The van der Waals surface area contributed by atoms with Crippen LogP contribution in [0.5, 0.6) is 0 Å². The van der Waals surface area contributed by atoms with E-state index in [4.69, 9.17) is 5.73 Å². The molecule has 0 aliphatic carbocycles. The van der Waals surface area contributed by atoms with Crippen LogP contribution in [-0.2, 0) is 0 Å². The number of thioether (sulfide) groups is 1. The molecule has 1 heterocycles. The fraction of sp³-hybridized carbons (Fsp3) is 0.583. The summed E-state index contributed by atoms with van der Waals surface area (Å²) in [6.07, 6.45) is 1.98. The summed E-state index contributed by atoms with van der Waals surface area (Å²) in [6, 6.07) is 0. The zero-order valence-corrected chi connectivity index (χ0v) is 13.2. The monoisotopic (exact) mass is 287 g/mol. The Balaban J connectivity index is 3.15. The molecule has 0 unspecified atom stereocenters. The molecule has 0 fully saturated rings. The van der Waals surface area contributed by atoms with Crippen molar-refractivity contribution in [3.8, 4) is 0 Å². The molecular weight excluding hydrogens is 266 g/mol. The Kier molecular flexibility index (Phi) is 5.34. The second kappa shape index (κ2) is 6.33. The van der Waals surface area contributed by atoms with Gasteiger partial charge >= 0.3 is 0 Å². The minimum absolute atomic E-state index is 0.114. The van der Waals surface area contributed by atoms with E-state index in [0.717, 1.165) is 16.4 Å². The topological polar surface area (TPSA) is 58.4 Å². The van der Waals surface area contributed by atoms with Gasteiger partial charge < -0.3 is 16.0 Å². The molecule has 0 aliphatic heterocycles. The molecule has 4 nitrogen and oxygen atoms in total. The molecule has 0 radical (unpaired) electrons. The van der Waals surface area contributed by atoms with Gasteiger partial charge in [0.15, 0.2) is 0 Å². The molecule has 3 N–H and O–H groups in total. The maximum atomic E-state index is 11.8. The van der Waals surface area contributed by atoms with Crippen LogP contribution in [0, 0.1) is 5.92 Å². The Labute approximate surface area is 117 Å². The van der Waals surface area contributed by atoms with Crippen LogP contribution >= 0.6 is 23.1 Å². The van der Waals surface area contributed by atoms with Crippen LogP contribution in [0.3, 0.4) is 0 Å². The first-order valence-corrected chi connectivity index (χ1v) is 7.85. The maximum Gasteiger partial charge on any atom is 0.263 e. The van der Waals surface area contributed by atoms with Crippen molar-refractivity contribution in [2.45, 2.75) is 18.7 Å². The number of hydrogen-bond acceptors (Lipinski definition) is 5. The van der Waals surface area contributed by atoms with Gasteiger partial charge in [0.05, 0.1) is 10.6 Å². The lowest BCUT2D eigenvalue weighted by Gasteiger charge is -2.20. The number of rotatable bonds is 5.